The van der Waals surface area contributed by atoms with Crippen LogP contribution in [0.4, 0.5) is 0 Å². The van der Waals surface area contributed by atoms with E-state index >= 15 is 0 Å². The Morgan fingerprint density at radius 3 is 1.50 bits per heavy atom. The molecule has 1 atom stereocenters. The van der Waals surface area contributed by atoms with Gasteiger partial charge in [-0.15, -0.1) is 0 Å². The Balaban J connectivity index is 3.72. The first-order valence-corrected chi connectivity index (χ1v) is 10.9. The van der Waals surface area contributed by atoms with Crippen molar-refractivity contribution < 1.29 is 4.48 Å². The van der Waals surface area contributed by atoms with Crippen molar-refractivity contribution in [2.45, 2.75) is 116 Å². The minimum absolute atomic E-state index is 0.101. The Kier molecular flexibility index (Phi) is 14.1. The molecule has 0 saturated heterocycles. The Morgan fingerprint density at radius 1 is 0.583 bits per heavy atom. The SMILES string of the molecule is CCCCCCCCCCCCC(N)(CCC)CCC[N+](C)(C)C. The molecule has 0 heterocycles. The van der Waals surface area contributed by atoms with Gasteiger partial charge in [0.15, 0.2) is 0 Å². The summed E-state index contributed by atoms with van der Waals surface area (Å²) in [5, 5.41) is 0. The third-order valence-electron chi connectivity index (χ3n) is 5.28. The van der Waals surface area contributed by atoms with E-state index in [-0.39, 0.29) is 5.54 Å². The smallest absolute Gasteiger partial charge is 0.0781 e. The molecule has 146 valence electrons. The molecular formula is C22H49N2+. The summed E-state index contributed by atoms with van der Waals surface area (Å²) >= 11 is 0. The van der Waals surface area contributed by atoms with E-state index in [9.17, 15) is 0 Å². The van der Waals surface area contributed by atoms with E-state index in [2.05, 4.69) is 35.0 Å². The zero-order chi connectivity index (χ0) is 18.3. The maximum absolute atomic E-state index is 6.74. The molecule has 24 heavy (non-hydrogen) atoms. The van der Waals surface area contributed by atoms with Gasteiger partial charge in [0, 0.05) is 5.54 Å². The van der Waals surface area contributed by atoms with E-state index < -0.39 is 0 Å². The average molecular weight is 342 g/mol. The second kappa shape index (κ2) is 14.1. The number of quaternary nitrogens is 1. The highest BCUT2D eigenvalue weighted by Gasteiger charge is 2.24. The summed E-state index contributed by atoms with van der Waals surface area (Å²) in [6.45, 7) is 5.80. The first kappa shape index (κ1) is 23.9. The lowest BCUT2D eigenvalue weighted by molar-refractivity contribution is -0.870. The van der Waals surface area contributed by atoms with Crippen LogP contribution in [0.25, 0.3) is 0 Å². The molecule has 2 heteroatoms. The van der Waals surface area contributed by atoms with Crippen molar-refractivity contribution >= 4 is 0 Å². The van der Waals surface area contributed by atoms with Gasteiger partial charge in [-0.3, -0.25) is 0 Å². The Labute approximate surface area is 154 Å². The molecule has 0 aromatic carbocycles. The Bertz CT molecular complexity index is 270. The molecule has 0 amide bonds. The Hall–Kier alpha value is -0.0800. The topological polar surface area (TPSA) is 26.0 Å². The van der Waals surface area contributed by atoms with Gasteiger partial charge in [-0.05, 0) is 25.7 Å². The molecular weight excluding hydrogens is 292 g/mol. The molecule has 0 aromatic rings. The van der Waals surface area contributed by atoms with Gasteiger partial charge in [-0.2, -0.15) is 0 Å². The van der Waals surface area contributed by atoms with E-state index in [1.807, 2.05) is 0 Å². The summed E-state index contributed by atoms with van der Waals surface area (Å²) in [4.78, 5) is 0. The lowest BCUT2D eigenvalue weighted by Gasteiger charge is -2.31. The predicted molar refractivity (Wildman–Crippen MR) is 110 cm³/mol. The molecule has 0 saturated carbocycles. The van der Waals surface area contributed by atoms with Crippen LogP contribution in [0.5, 0.6) is 0 Å². The third-order valence-corrected chi connectivity index (χ3v) is 5.28. The number of unbranched alkanes of at least 4 members (excludes halogenated alkanes) is 9. The molecule has 0 aliphatic carbocycles. The van der Waals surface area contributed by atoms with Crippen molar-refractivity contribution in [3.63, 3.8) is 0 Å². The van der Waals surface area contributed by atoms with Gasteiger partial charge in [-0.1, -0.05) is 84.5 Å². The van der Waals surface area contributed by atoms with Crippen molar-refractivity contribution in [1.29, 1.82) is 0 Å². The zero-order valence-electron chi connectivity index (χ0n) is 17.8. The highest BCUT2D eigenvalue weighted by molar-refractivity contribution is 4.83. The molecule has 2 N–H and O–H groups in total. The molecule has 0 rings (SSSR count). The van der Waals surface area contributed by atoms with Crippen molar-refractivity contribution in [2.24, 2.45) is 5.73 Å². The third kappa shape index (κ3) is 15.4. The number of hydrogen-bond donors (Lipinski definition) is 1. The fourth-order valence-corrected chi connectivity index (χ4v) is 3.74. The van der Waals surface area contributed by atoms with Crippen molar-refractivity contribution in [3.8, 4) is 0 Å². The van der Waals surface area contributed by atoms with Crippen LogP contribution in [0.2, 0.25) is 0 Å². The predicted octanol–water partition coefficient (Wildman–Crippen LogP) is 6.28. The number of hydrogen-bond acceptors (Lipinski definition) is 1. The minimum Gasteiger partial charge on any atom is -0.331 e. The van der Waals surface area contributed by atoms with Crippen LogP contribution in [0.1, 0.15) is 110 Å². The van der Waals surface area contributed by atoms with E-state index in [1.54, 1.807) is 0 Å². The van der Waals surface area contributed by atoms with Crippen LogP contribution in [-0.2, 0) is 0 Å². The average Bonchev–Trinajstić information content (AvgIpc) is 2.48. The first-order chi connectivity index (χ1) is 11.3. The maximum atomic E-state index is 6.74. The highest BCUT2D eigenvalue weighted by Crippen LogP contribution is 2.24. The van der Waals surface area contributed by atoms with Crippen LogP contribution in [-0.4, -0.2) is 37.7 Å². The summed E-state index contributed by atoms with van der Waals surface area (Å²) in [6.07, 6.45) is 20.2. The second-order valence-electron chi connectivity index (χ2n) is 9.16. The molecule has 0 radical (unpaired) electrons. The summed E-state index contributed by atoms with van der Waals surface area (Å²) in [6, 6.07) is 0. The van der Waals surface area contributed by atoms with Gasteiger partial charge in [0.25, 0.3) is 0 Å². The summed E-state index contributed by atoms with van der Waals surface area (Å²) < 4.78 is 1.06. The monoisotopic (exact) mass is 341 g/mol. The van der Waals surface area contributed by atoms with E-state index in [4.69, 9.17) is 5.73 Å². The summed E-state index contributed by atoms with van der Waals surface area (Å²) in [7, 11) is 6.83. The normalized spacial score (nSPS) is 14.8. The summed E-state index contributed by atoms with van der Waals surface area (Å²) in [5.41, 5.74) is 6.84. The lowest BCUT2D eigenvalue weighted by atomic mass is 9.84. The van der Waals surface area contributed by atoms with Gasteiger partial charge in [0.1, 0.15) is 0 Å². The van der Waals surface area contributed by atoms with E-state index in [0.29, 0.717) is 0 Å². The molecule has 0 aliphatic rings. The Morgan fingerprint density at radius 2 is 1.04 bits per heavy atom. The zero-order valence-corrected chi connectivity index (χ0v) is 17.8. The number of nitrogens with zero attached hydrogens (tertiary/aromatic N) is 1. The van der Waals surface area contributed by atoms with Crippen molar-refractivity contribution in [3.05, 3.63) is 0 Å². The lowest BCUT2D eigenvalue weighted by Crippen LogP contribution is -2.42. The van der Waals surface area contributed by atoms with Crippen LogP contribution >= 0.6 is 0 Å². The van der Waals surface area contributed by atoms with E-state index in [1.165, 1.54) is 103 Å². The number of nitrogens with two attached hydrogens (primary N) is 1. The van der Waals surface area contributed by atoms with Gasteiger partial charge in [-0.25, -0.2) is 0 Å². The second-order valence-corrected chi connectivity index (χ2v) is 9.16. The largest absolute Gasteiger partial charge is 0.331 e. The van der Waals surface area contributed by atoms with E-state index in [0.717, 1.165) is 4.48 Å². The molecule has 0 fully saturated rings. The van der Waals surface area contributed by atoms with Gasteiger partial charge in [0.2, 0.25) is 0 Å². The maximum Gasteiger partial charge on any atom is 0.0781 e. The van der Waals surface area contributed by atoms with Crippen molar-refractivity contribution in [2.75, 3.05) is 27.7 Å². The van der Waals surface area contributed by atoms with Gasteiger partial charge in [0.05, 0.1) is 27.7 Å². The van der Waals surface area contributed by atoms with Gasteiger partial charge < -0.3 is 10.2 Å². The first-order valence-electron chi connectivity index (χ1n) is 10.9. The van der Waals surface area contributed by atoms with Crippen LogP contribution < -0.4 is 5.73 Å². The molecule has 0 spiro atoms. The van der Waals surface area contributed by atoms with Crippen LogP contribution in [0.15, 0.2) is 0 Å². The molecule has 0 bridgehead atoms. The van der Waals surface area contributed by atoms with Crippen LogP contribution in [0, 0.1) is 0 Å². The standard InChI is InChI=1S/C22H49N2/c1-6-8-9-10-11-12-13-14-15-16-19-22(23,18-7-2)20-17-21-24(3,4)5/h6-21,23H2,1-5H3/q+1. The van der Waals surface area contributed by atoms with Crippen LogP contribution in [0.3, 0.4) is 0 Å². The highest BCUT2D eigenvalue weighted by atomic mass is 15.3. The molecule has 0 aliphatic heterocycles. The molecule has 2 nitrogen and oxygen atoms in total. The number of rotatable bonds is 17. The fourth-order valence-electron chi connectivity index (χ4n) is 3.74. The minimum atomic E-state index is 0.101. The summed E-state index contributed by atoms with van der Waals surface area (Å²) in [5.74, 6) is 0. The quantitative estimate of drug-likeness (QED) is 0.244. The fraction of sp³-hybridized carbons (Fsp3) is 1.00. The van der Waals surface area contributed by atoms with Crippen molar-refractivity contribution in [1.82, 2.24) is 0 Å². The molecule has 1 unspecified atom stereocenters. The molecule has 0 aromatic heterocycles. The van der Waals surface area contributed by atoms with Gasteiger partial charge >= 0.3 is 0 Å².